The van der Waals surface area contributed by atoms with Crippen LogP contribution in [0.25, 0.3) is 0 Å². The monoisotopic (exact) mass is 434 g/mol. The molecule has 0 saturated carbocycles. The van der Waals surface area contributed by atoms with Crippen molar-refractivity contribution in [1.82, 2.24) is 0 Å². The lowest BCUT2D eigenvalue weighted by molar-refractivity contribution is -0.711. The molecule has 5 rings (SSSR count). The third kappa shape index (κ3) is 2.66. The number of fused-ring (bicyclic) bond motifs is 6. The highest BCUT2D eigenvalue weighted by Crippen LogP contribution is 2.59. The maximum Gasteiger partial charge on any atom is 0.340 e. The van der Waals surface area contributed by atoms with Crippen molar-refractivity contribution >= 4 is 17.6 Å². The normalized spacial score (nSPS) is 17.5. The average molecular weight is 434 g/mol. The summed E-state index contributed by atoms with van der Waals surface area (Å²) in [4.78, 5) is 39.9. The van der Waals surface area contributed by atoms with Crippen LogP contribution in [0.1, 0.15) is 34.0 Å². The summed E-state index contributed by atoms with van der Waals surface area (Å²) >= 11 is 0. The molecule has 0 aliphatic carbocycles. The van der Waals surface area contributed by atoms with Gasteiger partial charge in [-0.3, -0.25) is 9.63 Å². The van der Waals surface area contributed by atoms with E-state index >= 15 is 0 Å². The second kappa shape index (κ2) is 6.71. The molecule has 1 atom stereocenters. The van der Waals surface area contributed by atoms with Crippen molar-refractivity contribution in [3.63, 3.8) is 0 Å². The molecule has 0 saturated heterocycles. The lowest BCUT2D eigenvalue weighted by Gasteiger charge is -2.37. The number of rotatable bonds is 3. The van der Waals surface area contributed by atoms with Crippen LogP contribution in [0.4, 0.5) is 5.69 Å². The van der Waals surface area contributed by atoms with Gasteiger partial charge in [-0.1, -0.05) is 18.2 Å². The number of amides is 1. The van der Waals surface area contributed by atoms with Crippen LogP contribution < -0.4 is 14.9 Å². The zero-order chi connectivity index (χ0) is 22.6. The standard InChI is InChI=1S/C22H14N2O8/c1-11(25)23-19-17(26)9-8-16-20(19)30-18-10-12(32-24(28)29)6-7-15(18)22(16)14-5-3-2-4-13(14)21(27)31-22/h2-10,26H,1H3,(H,23,25). The van der Waals surface area contributed by atoms with E-state index in [4.69, 9.17) is 9.47 Å². The predicted molar refractivity (Wildman–Crippen MR) is 108 cm³/mol. The number of ether oxygens (including phenoxy) is 2. The van der Waals surface area contributed by atoms with E-state index in [-0.39, 0.29) is 28.7 Å². The summed E-state index contributed by atoms with van der Waals surface area (Å²) in [5.41, 5.74) is 0.140. The van der Waals surface area contributed by atoms with Crippen LogP contribution in [0.3, 0.4) is 0 Å². The molecule has 1 unspecified atom stereocenters. The van der Waals surface area contributed by atoms with Crippen LogP contribution in [-0.2, 0) is 15.1 Å². The van der Waals surface area contributed by atoms with E-state index in [0.29, 0.717) is 22.3 Å². The van der Waals surface area contributed by atoms with Gasteiger partial charge in [-0.25, -0.2) is 4.79 Å². The Balaban J connectivity index is 1.84. The molecule has 1 amide bonds. The number of esters is 1. The molecule has 10 nitrogen and oxygen atoms in total. The zero-order valence-electron chi connectivity index (χ0n) is 16.4. The molecule has 160 valence electrons. The molecule has 0 radical (unpaired) electrons. The zero-order valence-corrected chi connectivity index (χ0v) is 16.4. The Labute approximate surface area is 180 Å². The van der Waals surface area contributed by atoms with Crippen molar-refractivity contribution in [2.24, 2.45) is 0 Å². The van der Waals surface area contributed by atoms with Crippen LogP contribution in [0, 0.1) is 10.1 Å². The average Bonchev–Trinajstić information content (AvgIpc) is 3.03. The van der Waals surface area contributed by atoms with Gasteiger partial charge in [0.1, 0.15) is 22.9 Å². The van der Waals surface area contributed by atoms with Crippen molar-refractivity contribution < 1.29 is 34.1 Å². The lowest BCUT2D eigenvalue weighted by atomic mass is 9.77. The van der Waals surface area contributed by atoms with Crippen molar-refractivity contribution in [3.8, 4) is 23.0 Å². The number of phenolic OH excluding ortho intramolecular Hbond substituents is 1. The van der Waals surface area contributed by atoms with Crippen LogP contribution in [-0.4, -0.2) is 22.1 Å². The Bertz CT molecular complexity index is 1340. The molecule has 0 fully saturated rings. The fourth-order valence-electron chi connectivity index (χ4n) is 4.15. The second-order valence-electron chi connectivity index (χ2n) is 7.21. The summed E-state index contributed by atoms with van der Waals surface area (Å²) in [7, 11) is 0. The van der Waals surface area contributed by atoms with Crippen molar-refractivity contribution in [2.45, 2.75) is 12.5 Å². The molecule has 2 aliphatic rings. The highest BCUT2D eigenvalue weighted by atomic mass is 17.0. The first kappa shape index (κ1) is 19.4. The van der Waals surface area contributed by atoms with Gasteiger partial charge in [-0.2, -0.15) is 0 Å². The Morgan fingerprint density at radius 1 is 1.12 bits per heavy atom. The summed E-state index contributed by atoms with van der Waals surface area (Å²) in [6, 6.07) is 13.9. The van der Waals surface area contributed by atoms with E-state index in [1.807, 2.05) is 0 Å². The first-order chi connectivity index (χ1) is 15.3. The molecule has 3 aromatic rings. The number of nitrogens with zero attached hydrogens (tertiary/aromatic N) is 1. The van der Waals surface area contributed by atoms with Gasteiger partial charge >= 0.3 is 5.97 Å². The maximum atomic E-state index is 12.8. The minimum atomic E-state index is -1.47. The highest BCUT2D eigenvalue weighted by Gasteiger charge is 2.54. The maximum absolute atomic E-state index is 12.8. The van der Waals surface area contributed by atoms with Crippen LogP contribution in [0.15, 0.2) is 54.6 Å². The van der Waals surface area contributed by atoms with Gasteiger partial charge in [0.15, 0.2) is 11.4 Å². The first-order valence-electron chi connectivity index (χ1n) is 9.43. The van der Waals surface area contributed by atoms with Crippen molar-refractivity contribution in [1.29, 1.82) is 0 Å². The van der Waals surface area contributed by atoms with E-state index in [0.717, 1.165) is 0 Å². The first-order valence-corrected chi connectivity index (χ1v) is 9.43. The molecule has 3 aromatic carbocycles. The minimum Gasteiger partial charge on any atom is -0.506 e. The summed E-state index contributed by atoms with van der Waals surface area (Å²) in [6.07, 6.45) is 0. The van der Waals surface area contributed by atoms with E-state index in [1.54, 1.807) is 24.3 Å². The number of hydrogen-bond acceptors (Lipinski definition) is 8. The van der Waals surface area contributed by atoms with Gasteiger partial charge in [0, 0.05) is 24.1 Å². The van der Waals surface area contributed by atoms with Gasteiger partial charge in [-0.15, -0.1) is 10.1 Å². The molecule has 2 heterocycles. The lowest BCUT2D eigenvalue weighted by Crippen LogP contribution is -2.33. The summed E-state index contributed by atoms with van der Waals surface area (Å²) in [5.74, 6) is -1.29. The summed E-state index contributed by atoms with van der Waals surface area (Å²) in [6.45, 7) is 1.26. The topological polar surface area (TPSA) is 137 Å². The van der Waals surface area contributed by atoms with Gasteiger partial charge in [-0.05, 0) is 30.3 Å². The SMILES string of the molecule is CC(=O)Nc1c(O)ccc2c1Oc1cc(O[N+](=O)[O-])ccc1C21OC(=O)c2ccccc21. The van der Waals surface area contributed by atoms with Gasteiger partial charge in [0.05, 0.1) is 11.1 Å². The van der Waals surface area contributed by atoms with Gasteiger partial charge < -0.3 is 19.9 Å². The van der Waals surface area contributed by atoms with Crippen molar-refractivity contribution in [2.75, 3.05) is 5.32 Å². The number of phenols is 1. The third-order valence-corrected chi connectivity index (χ3v) is 5.31. The van der Waals surface area contributed by atoms with E-state index in [2.05, 4.69) is 10.2 Å². The number of aromatic hydroxyl groups is 1. The smallest absolute Gasteiger partial charge is 0.340 e. The Morgan fingerprint density at radius 2 is 1.88 bits per heavy atom. The van der Waals surface area contributed by atoms with E-state index < -0.39 is 22.6 Å². The van der Waals surface area contributed by atoms with Crippen LogP contribution >= 0.6 is 0 Å². The fourth-order valence-corrected chi connectivity index (χ4v) is 4.15. The quantitative estimate of drug-likeness (QED) is 0.277. The number of nitrogens with one attached hydrogen (secondary N) is 1. The Morgan fingerprint density at radius 3 is 2.62 bits per heavy atom. The fraction of sp³-hybridized carbons (Fsp3) is 0.0909. The van der Waals surface area contributed by atoms with Gasteiger partial charge in [0.25, 0.3) is 5.09 Å². The molecule has 0 bridgehead atoms. The number of carbonyl (C=O) groups is 2. The predicted octanol–water partition coefficient (Wildman–Crippen LogP) is 3.49. The van der Waals surface area contributed by atoms with E-state index in [1.165, 1.54) is 37.3 Å². The third-order valence-electron chi connectivity index (χ3n) is 5.31. The second-order valence-corrected chi connectivity index (χ2v) is 7.21. The molecule has 2 N–H and O–H groups in total. The number of carbonyl (C=O) groups excluding carboxylic acids is 2. The Kier molecular flexibility index (Phi) is 4.06. The molecule has 2 aliphatic heterocycles. The molecular formula is C22H14N2O8. The highest BCUT2D eigenvalue weighted by molar-refractivity contribution is 5.98. The molecule has 10 heteroatoms. The number of hydrogen-bond donors (Lipinski definition) is 2. The summed E-state index contributed by atoms with van der Waals surface area (Å²) < 4.78 is 11.9. The Hall–Kier alpha value is -4.60. The number of benzene rings is 3. The summed E-state index contributed by atoms with van der Waals surface area (Å²) in [5, 5.41) is 22.8. The molecular weight excluding hydrogens is 420 g/mol. The molecule has 0 aromatic heterocycles. The molecule has 32 heavy (non-hydrogen) atoms. The van der Waals surface area contributed by atoms with Gasteiger partial charge in [0.2, 0.25) is 5.91 Å². The van der Waals surface area contributed by atoms with Crippen molar-refractivity contribution in [3.05, 3.63) is 87.0 Å². The number of anilines is 1. The largest absolute Gasteiger partial charge is 0.506 e. The van der Waals surface area contributed by atoms with Crippen LogP contribution in [0.5, 0.6) is 23.0 Å². The minimum absolute atomic E-state index is 0.0268. The molecule has 1 spiro atoms. The van der Waals surface area contributed by atoms with E-state index in [9.17, 15) is 24.8 Å². The van der Waals surface area contributed by atoms with Crippen LogP contribution in [0.2, 0.25) is 0 Å².